The standard InChI is InChI=1S/C23H27F3N4O2S/c1-29-14-17-16(6-5-7-18(17)28-29)20(31)8-3-2-4-11-30-12-9-19-21(10-13-30)33-22(27-19)32-15-23(24,25)26/h5-7,14H,2-4,8-13,15H2,1H3. The van der Waals surface area contributed by atoms with Crippen molar-refractivity contribution in [1.29, 1.82) is 0 Å². The average molecular weight is 481 g/mol. The summed E-state index contributed by atoms with van der Waals surface area (Å²) < 4.78 is 43.5. The highest BCUT2D eigenvalue weighted by Gasteiger charge is 2.29. The zero-order valence-corrected chi connectivity index (χ0v) is 19.3. The van der Waals surface area contributed by atoms with Crippen LogP contribution < -0.4 is 4.74 Å². The van der Waals surface area contributed by atoms with Crippen LogP contribution in [0.25, 0.3) is 10.9 Å². The number of carbonyl (C=O) groups is 1. The molecule has 3 aromatic rings. The van der Waals surface area contributed by atoms with Crippen molar-refractivity contribution in [3.8, 4) is 5.19 Å². The van der Waals surface area contributed by atoms with Gasteiger partial charge in [-0.2, -0.15) is 18.3 Å². The summed E-state index contributed by atoms with van der Waals surface area (Å²) in [5.74, 6) is 0.155. The van der Waals surface area contributed by atoms with Gasteiger partial charge >= 0.3 is 6.18 Å². The molecule has 2 aromatic heterocycles. The van der Waals surface area contributed by atoms with E-state index in [2.05, 4.69) is 15.0 Å². The normalized spacial score (nSPS) is 14.9. The molecule has 1 aliphatic heterocycles. The number of ether oxygens (including phenoxy) is 1. The predicted molar refractivity (Wildman–Crippen MR) is 121 cm³/mol. The van der Waals surface area contributed by atoms with Crippen LogP contribution in [-0.4, -0.2) is 57.9 Å². The number of thiazole rings is 1. The Labute approximate surface area is 194 Å². The summed E-state index contributed by atoms with van der Waals surface area (Å²) >= 11 is 1.22. The van der Waals surface area contributed by atoms with Crippen LogP contribution in [-0.2, 0) is 19.9 Å². The molecule has 1 aliphatic rings. The Hall–Kier alpha value is -2.46. The van der Waals surface area contributed by atoms with Crippen molar-refractivity contribution in [3.63, 3.8) is 0 Å². The highest BCUT2D eigenvalue weighted by molar-refractivity contribution is 7.13. The van der Waals surface area contributed by atoms with Crippen molar-refractivity contribution in [3.05, 3.63) is 40.5 Å². The minimum Gasteiger partial charge on any atom is -0.460 e. The second-order valence-corrected chi connectivity index (χ2v) is 9.42. The molecule has 0 fully saturated rings. The Kier molecular flexibility index (Phi) is 7.33. The lowest BCUT2D eigenvalue weighted by Crippen LogP contribution is -2.27. The predicted octanol–water partition coefficient (Wildman–Crippen LogP) is 4.81. The van der Waals surface area contributed by atoms with Gasteiger partial charge in [0.05, 0.1) is 11.2 Å². The van der Waals surface area contributed by atoms with Gasteiger partial charge in [-0.3, -0.25) is 9.48 Å². The summed E-state index contributed by atoms with van der Waals surface area (Å²) in [5, 5.41) is 5.38. The maximum atomic E-state index is 12.7. The molecule has 0 radical (unpaired) electrons. The van der Waals surface area contributed by atoms with Gasteiger partial charge in [0.2, 0.25) is 0 Å². The molecule has 4 rings (SSSR count). The number of aromatic nitrogens is 3. The van der Waals surface area contributed by atoms with Crippen LogP contribution in [0.3, 0.4) is 0 Å². The molecule has 0 saturated heterocycles. The van der Waals surface area contributed by atoms with E-state index in [4.69, 9.17) is 4.74 Å². The van der Waals surface area contributed by atoms with E-state index in [1.165, 1.54) is 11.3 Å². The lowest BCUT2D eigenvalue weighted by atomic mass is 10.0. The van der Waals surface area contributed by atoms with E-state index in [1.807, 2.05) is 31.4 Å². The third-order valence-electron chi connectivity index (χ3n) is 5.78. The lowest BCUT2D eigenvalue weighted by Gasteiger charge is -2.19. The Morgan fingerprint density at radius 2 is 2.00 bits per heavy atom. The van der Waals surface area contributed by atoms with Crippen LogP contribution in [0.1, 0.15) is 46.6 Å². The maximum Gasteiger partial charge on any atom is 0.422 e. The number of hydrogen-bond acceptors (Lipinski definition) is 6. The van der Waals surface area contributed by atoms with Gasteiger partial charge in [-0.05, 0) is 31.9 Å². The Morgan fingerprint density at radius 1 is 1.18 bits per heavy atom. The van der Waals surface area contributed by atoms with Crippen LogP contribution in [0.15, 0.2) is 24.4 Å². The highest BCUT2D eigenvalue weighted by atomic mass is 32.1. The molecule has 0 bridgehead atoms. The number of hydrogen-bond donors (Lipinski definition) is 0. The number of ketones is 1. The Balaban J connectivity index is 1.17. The van der Waals surface area contributed by atoms with Crippen LogP contribution in [0.4, 0.5) is 13.2 Å². The maximum absolute atomic E-state index is 12.7. The molecule has 33 heavy (non-hydrogen) atoms. The van der Waals surface area contributed by atoms with E-state index in [0.29, 0.717) is 6.42 Å². The monoisotopic (exact) mass is 480 g/mol. The number of fused-ring (bicyclic) bond motifs is 2. The zero-order valence-electron chi connectivity index (χ0n) is 18.5. The first kappa shape index (κ1) is 23.7. The van der Waals surface area contributed by atoms with Crippen molar-refractivity contribution in [2.75, 3.05) is 26.2 Å². The second kappa shape index (κ2) is 10.2. The number of aryl methyl sites for hydroxylation is 1. The third kappa shape index (κ3) is 6.32. The first-order valence-electron chi connectivity index (χ1n) is 11.1. The van der Waals surface area contributed by atoms with Gasteiger partial charge in [-0.15, -0.1) is 0 Å². The van der Waals surface area contributed by atoms with Gasteiger partial charge < -0.3 is 9.64 Å². The van der Waals surface area contributed by atoms with Crippen LogP contribution in [0, 0.1) is 0 Å². The molecule has 0 atom stereocenters. The summed E-state index contributed by atoms with van der Waals surface area (Å²) in [5.41, 5.74) is 2.44. The fourth-order valence-corrected chi connectivity index (χ4v) is 5.10. The number of rotatable bonds is 9. The van der Waals surface area contributed by atoms with Crippen LogP contribution in [0.2, 0.25) is 0 Å². The molecule has 0 spiro atoms. The third-order valence-corrected chi connectivity index (χ3v) is 6.85. The summed E-state index contributed by atoms with van der Waals surface area (Å²) in [6.45, 7) is 1.33. The molecule has 0 saturated carbocycles. The molecular weight excluding hydrogens is 453 g/mol. The zero-order chi connectivity index (χ0) is 23.4. The second-order valence-electron chi connectivity index (χ2n) is 8.37. The van der Waals surface area contributed by atoms with E-state index in [1.54, 1.807) is 4.68 Å². The van der Waals surface area contributed by atoms with Crippen molar-refractivity contribution in [2.24, 2.45) is 7.05 Å². The number of carbonyl (C=O) groups excluding carboxylic acids is 1. The molecule has 1 aromatic carbocycles. The largest absolute Gasteiger partial charge is 0.460 e. The molecule has 0 unspecified atom stereocenters. The Morgan fingerprint density at radius 3 is 2.82 bits per heavy atom. The van der Waals surface area contributed by atoms with Gasteiger partial charge in [0.1, 0.15) is 0 Å². The number of nitrogens with zero attached hydrogens (tertiary/aromatic N) is 4. The van der Waals surface area contributed by atoms with E-state index < -0.39 is 12.8 Å². The average Bonchev–Trinajstić information content (AvgIpc) is 3.29. The molecule has 10 heteroatoms. The number of Topliss-reactive ketones (excluding diaryl/α,β-unsaturated/α-hetero) is 1. The molecule has 0 amide bonds. The molecular formula is C23H27F3N4O2S. The van der Waals surface area contributed by atoms with Crippen molar-refractivity contribution < 1.29 is 22.7 Å². The van der Waals surface area contributed by atoms with Gasteiger partial charge in [0, 0.05) is 55.0 Å². The van der Waals surface area contributed by atoms with Crippen LogP contribution in [0.5, 0.6) is 5.19 Å². The summed E-state index contributed by atoms with van der Waals surface area (Å²) in [4.78, 5) is 20.3. The number of unbranched alkanes of at least 4 members (excludes halogenated alkanes) is 2. The minimum absolute atomic E-state index is 0.109. The van der Waals surface area contributed by atoms with Gasteiger partial charge in [0.15, 0.2) is 12.4 Å². The summed E-state index contributed by atoms with van der Waals surface area (Å²) in [6, 6.07) is 5.66. The van der Waals surface area contributed by atoms with Crippen molar-refractivity contribution in [2.45, 2.75) is 44.7 Å². The molecule has 0 aliphatic carbocycles. The van der Waals surface area contributed by atoms with E-state index in [-0.39, 0.29) is 11.0 Å². The SMILES string of the molecule is Cn1cc2c(C(=O)CCCCCN3CCc4nc(OCC(F)(F)F)sc4CC3)cccc2n1. The highest BCUT2D eigenvalue weighted by Crippen LogP contribution is 2.29. The molecule has 6 nitrogen and oxygen atoms in total. The van der Waals surface area contributed by atoms with Gasteiger partial charge in [-0.1, -0.05) is 29.9 Å². The topological polar surface area (TPSA) is 60.2 Å². The smallest absolute Gasteiger partial charge is 0.422 e. The van der Waals surface area contributed by atoms with Crippen LogP contribution >= 0.6 is 11.3 Å². The quantitative estimate of drug-likeness (QED) is 0.325. The number of benzene rings is 1. The summed E-state index contributed by atoms with van der Waals surface area (Å²) in [7, 11) is 1.85. The lowest BCUT2D eigenvalue weighted by molar-refractivity contribution is -0.153. The van der Waals surface area contributed by atoms with E-state index >= 15 is 0 Å². The molecule has 3 heterocycles. The number of halogens is 3. The first-order valence-corrected chi connectivity index (χ1v) is 12.0. The molecule has 178 valence electrons. The van der Waals surface area contributed by atoms with Gasteiger partial charge in [0.25, 0.3) is 5.19 Å². The fourth-order valence-electron chi connectivity index (χ4n) is 4.15. The first-order chi connectivity index (χ1) is 15.8. The van der Waals surface area contributed by atoms with E-state index in [9.17, 15) is 18.0 Å². The van der Waals surface area contributed by atoms with Gasteiger partial charge in [-0.25, -0.2) is 4.98 Å². The minimum atomic E-state index is -4.35. The summed E-state index contributed by atoms with van der Waals surface area (Å²) in [6.07, 6.45) is 2.38. The van der Waals surface area contributed by atoms with Crippen molar-refractivity contribution >= 4 is 28.0 Å². The molecule has 0 N–H and O–H groups in total. The van der Waals surface area contributed by atoms with E-state index in [0.717, 1.165) is 78.8 Å². The fraction of sp³-hybridized carbons (Fsp3) is 0.522. The van der Waals surface area contributed by atoms with Crippen molar-refractivity contribution in [1.82, 2.24) is 19.7 Å². The number of alkyl halides is 3. The Bertz CT molecular complexity index is 1080.